The zero-order valence-corrected chi connectivity index (χ0v) is 34.6. The van der Waals surface area contributed by atoms with Crippen LogP contribution in [0.3, 0.4) is 0 Å². The second-order valence-electron chi connectivity index (χ2n) is 17.4. The van der Waals surface area contributed by atoms with Gasteiger partial charge >= 0.3 is 21.1 Å². The molecule has 7 heteroatoms. The summed E-state index contributed by atoms with van der Waals surface area (Å²) in [6.45, 7) is 24.2. The number of aryl methyl sites for hydroxylation is 4. The monoisotopic (exact) mass is 882 g/mol. The first kappa shape index (κ1) is 35.6. The summed E-state index contributed by atoms with van der Waals surface area (Å²) in [6, 6.07) is 26.3. The molecule has 272 valence electrons. The average Bonchev–Trinajstić information content (AvgIpc) is 3.64. The molecule has 2 aliphatic heterocycles. The van der Waals surface area contributed by atoms with E-state index < -0.39 is 11.1 Å². The summed E-state index contributed by atoms with van der Waals surface area (Å²) in [6.07, 6.45) is 2.72. The Kier molecular flexibility index (Phi) is 7.76. The van der Waals surface area contributed by atoms with Crippen molar-refractivity contribution in [2.24, 2.45) is 10.4 Å². The molecule has 1 aliphatic carbocycles. The molecule has 6 aromatic rings. The summed E-state index contributed by atoms with van der Waals surface area (Å²) in [5.41, 5.74) is 10.5. The molecule has 9 rings (SSSR count). The minimum Gasteiger partial charge on any atom is -0.513 e. The van der Waals surface area contributed by atoms with Gasteiger partial charge in [-0.15, -0.1) is 35.9 Å². The van der Waals surface area contributed by atoms with Crippen LogP contribution >= 0.6 is 0 Å². The van der Waals surface area contributed by atoms with Crippen LogP contribution in [-0.2, 0) is 43.2 Å². The average molecular weight is 883 g/mol. The van der Waals surface area contributed by atoms with Crippen molar-refractivity contribution in [3.05, 3.63) is 117 Å². The fraction of sp³-hybridized carbons (Fsp3) is 0.348. The normalized spacial score (nSPS) is 19.9. The van der Waals surface area contributed by atoms with Gasteiger partial charge in [0.2, 0.25) is 0 Å². The van der Waals surface area contributed by atoms with Gasteiger partial charge in [0.1, 0.15) is 28.4 Å². The zero-order valence-electron chi connectivity index (χ0n) is 32.4. The van der Waals surface area contributed by atoms with Gasteiger partial charge in [0.05, 0.1) is 5.52 Å². The number of fused-ring (bicyclic) bond motifs is 8. The predicted octanol–water partition coefficient (Wildman–Crippen LogP) is 11.2. The second kappa shape index (κ2) is 11.5. The molecule has 0 unspecified atom stereocenters. The van der Waals surface area contributed by atoms with Crippen molar-refractivity contribution in [3.8, 4) is 28.7 Å². The Morgan fingerprint density at radius 3 is 2.34 bits per heavy atom. The van der Waals surface area contributed by atoms with Crippen molar-refractivity contribution in [2.75, 3.05) is 0 Å². The van der Waals surface area contributed by atoms with Crippen LogP contribution in [0.25, 0.3) is 27.6 Å². The number of benzene rings is 4. The molecule has 2 aromatic heterocycles. The molecule has 0 radical (unpaired) electrons. The van der Waals surface area contributed by atoms with Crippen molar-refractivity contribution < 1.29 is 35.3 Å². The molecule has 0 saturated carbocycles. The summed E-state index contributed by atoms with van der Waals surface area (Å²) in [7, 11) is 0. The molecule has 2 atom stereocenters. The fourth-order valence-corrected chi connectivity index (χ4v) is 8.70. The van der Waals surface area contributed by atoms with E-state index in [1.165, 1.54) is 27.8 Å². The van der Waals surface area contributed by atoms with Crippen molar-refractivity contribution >= 4 is 27.8 Å². The summed E-state index contributed by atoms with van der Waals surface area (Å²) < 4.78 is 22.5. The van der Waals surface area contributed by atoms with E-state index in [4.69, 9.17) is 24.2 Å². The van der Waals surface area contributed by atoms with Crippen LogP contribution in [0.2, 0.25) is 0 Å². The van der Waals surface area contributed by atoms with Gasteiger partial charge in [-0.3, -0.25) is 4.99 Å². The molecule has 0 saturated heterocycles. The molecular formula is C46H45N3O3Pt. The molecule has 4 aromatic carbocycles. The maximum atomic E-state index is 7.06. The zero-order chi connectivity index (χ0) is 36.7. The van der Waals surface area contributed by atoms with E-state index in [0.717, 1.165) is 56.5 Å². The molecule has 3 aliphatic rings. The Morgan fingerprint density at radius 2 is 1.60 bits per heavy atom. The van der Waals surface area contributed by atoms with Crippen LogP contribution in [0.15, 0.2) is 65.8 Å². The standard InChI is InChI=1S/C46H45N3O3.Pt/c1-25-15-34-33-20-31(43(5,6)7)21-39-40(33)49(41(34)47-24-25)36-22-37(28(4)18-38(36)51-39)50-32-14-12-13-29(19-32)42-48-45(11)35-17-27(3)26(2)16-30(35)23-46(45,52-42)44(8,9)10;/h12-18,20-21,24H,23H2,1-11H3;/q-2;+2/t45-,46-;/m1./s1. The molecule has 6 nitrogen and oxygen atoms in total. The Labute approximate surface area is 326 Å². The van der Waals surface area contributed by atoms with Crippen LogP contribution in [0.1, 0.15) is 93.0 Å². The predicted molar refractivity (Wildman–Crippen MR) is 208 cm³/mol. The maximum Gasteiger partial charge on any atom is 2.00 e. The summed E-state index contributed by atoms with van der Waals surface area (Å²) in [4.78, 5) is 10.3. The molecule has 0 amide bonds. The number of aromatic nitrogens is 2. The number of hydrogen-bond donors (Lipinski definition) is 0. The van der Waals surface area contributed by atoms with E-state index in [1.807, 2.05) is 37.4 Å². The minimum atomic E-state index is -0.538. The van der Waals surface area contributed by atoms with E-state index in [1.54, 1.807) is 0 Å². The van der Waals surface area contributed by atoms with Crippen LogP contribution in [0, 0.1) is 45.2 Å². The van der Waals surface area contributed by atoms with Crippen molar-refractivity contribution in [2.45, 2.75) is 99.1 Å². The Bertz CT molecular complexity index is 2570. The Morgan fingerprint density at radius 1 is 0.849 bits per heavy atom. The van der Waals surface area contributed by atoms with Gasteiger partial charge in [0.15, 0.2) is 0 Å². The first-order valence-corrected chi connectivity index (χ1v) is 18.3. The quantitative estimate of drug-likeness (QED) is 0.166. The SMILES string of the molecule is Cc1cnc2c(c1)c1cc(C(C)(C)C)cc3c1n2-c1[c-]c(Oc2[c-]c(C4=N[C@]5(C)c6cc(C)c(C)cc6C[C@]5(C(C)(C)C)O4)ccc2)c(C)cc1O3.[Pt+2]. The number of rotatable bonds is 3. The molecule has 0 spiro atoms. The van der Waals surface area contributed by atoms with E-state index in [0.29, 0.717) is 23.1 Å². The Hall–Kier alpha value is -4.41. The first-order chi connectivity index (χ1) is 24.5. The molecule has 0 N–H and O–H groups in total. The molecular weight excluding hydrogens is 838 g/mol. The van der Waals surface area contributed by atoms with Gasteiger partial charge in [0, 0.05) is 46.1 Å². The van der Waals surface area contributed by atoms with E-state index >= 15 is 0 Å². The van der Waals surface area contributed by atoms with Gasteiger partial charge in [-0.05, 0) is 90.4 Å². The van der Waals surface area contributed by atoms with Gasteiger partial charge in [-0.25, -0.2) is 4.98 Å². The fourth-order valence-electron chi connectivity index (χ4n) is 8.70. The summed E-state index contributed by atoms with van der Waals surface area (Å²) >= 11 is 0. The Balaban J connectivity index is 0.00000400. The first-order valence-electron chi connectivity index (χ1n) is 18.3. The number of hydrogen-bond acceptors (Lipinski definition) is 5. The number of aliphatic imine (C=N–C) groups is 1. The van der Waals surface area contributed by atoms with Gasteiger partial charge in [-0.1, -0.05) is 72.2 Å². The topological polar surface area (TPSA) is 57.9 Å². The summed E-state index contributed by atoms with van der Waals surface area (Å²) in [5, 5.41) is 2.21. The number of nitrogens with zero attached hydrogens (tertiary/aromatic N) is 3. The third-order valence-electron chi connectivity index (χ3n) is 11.8. The van der Waals surface area contributed by atoms with Crippen LogP contribution in [0.4, 0.5) is 0 Å². The van der Waals surface area contributed by atoms with Gasteiger partial charge < -0.3 is 18.8 Å². The van der Waals surface area contributed by atoms with Crippen molar-refractivity contribution in [3.63, 3.8) is 0 Å². The molecule has 53 heavy (non-hydrogen) atoms. The maximum absolute atomic E-state index is 7.06. The molecule has 4 heterocycles. The van der Waals surface area contributed by atoms with Crippen LogP contribution in [0.5, 0.6) is 23.0 Å². The van der Waals surface area contributed by atoms with Crippen LogP contribution in [-0.4, -0.2) is 21.0 Å². The van der Waals surface area contributed by atoms with Gasteiger partial charge in [-0.2, -0.15) is 0 Å². The second-order valence-corrected chi connectivity index (χ2v) is 17.4. The number of pyridine rings is 1. The molecule has 0 bridgehead atoms. The van der Waals surface area contributed by atoms with Crippen molar-refractivity contribution in [1.29, 1.82) is 0 Å². The largest absolute Gasteiger partial charge is 2.00 e. The third-order valence-corrected chi connectivity index (χ3v) is 11.8. The van der Waals surface area contributed by atoms with Gasteiger partial charge in [0.25, 0.3) is 0 Å². The molecule has 0 fully saturated rings. The van der Waals surface area contributed by atoms with Crippen molar-refractivity contribution in [1.82, 2.24) is 9.55 Å². The third kappa shape index (κ3) is 5.08. The summed E-state index contributed by atoms with van der Waals surface area (Å²) in [5.74, 6) is 3.29. The van der Waals surface area contributed by atoms with E-state index in [-0.39, 0.29) is 31.9 Å². The number of ether oxygens (including phenoxy) is 3. The minimum absolute atomic E-state index is 0. The van der Waals surface area contributed by atoms with E-state index in [9.17, 15) is 0 Å². The smallest absolute Gasteiger partial charge is 0.513 e. The van der Waals surface area contributed by atoms with E-state index in [2.05, 4.69) is 116 Å². The van der Waals surface area contributed by atoms with Crippen LogP contribution < -0.4 is 9.47 Å².